The molecule has 0 radical (unpaired) electrons. The van der Waals surface area contributed by atoms with Gasteiger partial charge >= 0.3 is 0 Å². The SMILES string of the molecule is COc1cccc2cc(CN3CCCC4(C3)OCCO4)oc12. The van der Waals surface area contributed by atoms with Gasteiger partial charge in [-0.05, 0) is 25.1 Å². The van der Waals surface area contributed by atoms with E-state index < -0.39 is 0 Å². The van der Waals surface area contributed by atoms with Crippen molar-refractivity contribution < 1.29 is 18.6 Å². The molecule has 0 bridgehead atoms. The Hall–Kier alpha value is -1.56. The topological polar surface area (TPSA) is 44.1 Å². The molecular formula is C17H21NO4. The summed E-state index contributed by atoms with van der Waals surface area (Å²) in [7, 11) is 1.67. The Bertz CT molecular complexity index is 660. The van der Waals surface area contributed by atoms with Crippen LogP contribution in [0.25, 0.3) is 11.0 Å². The Morgan fingerprint density at radius 1 is 1.27 bits per heavy atom. The van der Waals surface area contributed by atoms with Crippen LogP contribution in [-0.2, 0) is 16.0 Å². The van der Waals surface area contributed by atoms with E-state index in [2.05, 4.69) is 11.0 Å². The van der Waals surface area contributed by atoms with Crippen molar-refractivity contribution in [3.8, 4) is 5.75 Å². The van der Waals surface area contributed by atoms with Crippen LogP contribution in [0, 0.1) is 0 Å². The Balaban J connectivity index is 1.53. The number of hydrogen-bond acceptors (Lipinski definition) is 5. The van der Waals surface area contributed by atoms with Gasteiger partial charge in [-0.1, -0.05) is 12.1 Å². The van der Waals surface area contributed by atoms with E-state index in [1.165, 1.54) is 0 Å². The Morgan fingerprint density at radius 3 is 2.95 bits per heavy atom. The first kappa shape index (κ1) is 14.1. The highest BCUT2D eigenvalue weighted by Crippen LogP contribution is 2.32. The lowest BCUT2D eigenvalue weighted by Crippen LogP contribution is -2.48. The number of hydrogen-bond donors (Lipinski definition) is 0. The van der Waals surface area contributed by atoms with Crippen LogP contribution in [-0.4, -0.2) is 44.1 Å². The molecule has 1 aromatic carbocycles. The summed E-state index contributed by atoms with van der Waals surface area (Å²) in [5.74, 6) is 1.35. The van der Waals surface area contributed by atoms with Gasteiger partial charge in [0.25, 0.3) is 0 Å². The first-order chi connectivity index (χ1) is 10.8. The molecule has 4 rings (SSSR count). The van der Waals surface area contributed by atoms with E-state index in [9.17, 15) is 0 Å². The molecule has 1 spiro atoms. The number of benzene rings is 1. The fraction of sp³-hybridized carbons (Fsp3) is 0.529. The van der Waals surface area contributed by atoms with Crippen molar-refractivity contribution in [2.75, 3.05) is 33.4 Å². The third-order valence-corrected chi connectivity index (χ3v) is 4.47. The van der Waals surface area contributed by atoms with E-state index in [1.807, 2.05) is 18.2 Å². The molecule has 0 amide bonds. The zero-order chi connectivity index (χ0) is 15.0. The Kier molecular flexibility index (Phi) is 3.56. The largest absolute Gasteiger partial charge is 0.493 e. The van der Waals surface area contributed by atoms with Gasteiger partial charge in [0.15, 0.2) is 17.1 Å². The molecule has 2 aliphatic heterocycles. The van der Waals surface area contributed by atoms with Crippen LogP contribution in [0.1, 0.15) is 18.6 Å². The minimum Gasteiger partial charge on any atom is -0.493 e. The smallest absolute Gasteiger partial charge is 0.181 e. The summed E-state index contributed by atoms with van der Waals surface area (Å²) in [6.45, 7) is 4.03. The Labute approximate surface area is 129 Å². The molecule has 0 atom stereocenters. The number of para-hydroxylation sites is 1. The molecule has 2 aliphatic rings. The summed E-state index contributed by atoms with van der Waals surface area (Å²) in [6, 6.07) is 8.05. The predicted octanol–water partition coefficient (Wildman–Crippen LogP) is 2.78. The lowest BCUT2D eigenvalue weighted by atomic mass is 10.0. The molecule has 0 saturated carbocycles. The molecule has 22 heavy (non-hydrogen) atoms. The van der Waals surface area contributed by atoms with Gasteiger partial charge in [-0.25, -0.2) is 0 Å². The summed E-state index contributed by atoms with van der Waals surface area (Å²) in [5.41, 5.74) is 0.820. The van der Waals surface area contributed by atoms with Crippen LogP contribution < -0.4 is 4.74 Å². The second kappa shape index (κ2) is 5.57. The summed E-state index contributed by atoms with van der Waals surface area (Å²) >= 11 is 0. The van der Waals surface area contributed by atoms with Gasteiger partial charge in [0.05, 0.1) is 33.4 Å². The van der Waals surface area contributed by atoms with Crippen LogP contribution in [0.15, 0.2) is 28.7 Å². The third kappa shape index (κ3) is 2.49. The normalized spacial score (nSPS) is 21.7. The fourth-order valence-corrected chi connectivity index (χ4v) is 3.49. The van der Waals surface area contributed by atoms with Crippen molar-refractivity contribution in [3.63, 3.8) is 0 Å². The summed E-state index contributed by atoms with van der Waals surface area (Å²) in [6.07, 6.45) is 2.07. The first-order valence-electron chi connectivity index (χ1n) is 7.84. The molecule has 0 aliphatic carbocycles. The molecule has 0 N–H and O–H groups in total. The van der Waals surface area contributed by atoms with E-state index in [0.29, 0.717) is 13.2 Å². The minimum atomic E-state index is -0.387. The summed E-state index contributed by atoms with van der Waals surface area (Å²) < 4.78 is 23.0. The lowest BCUT2D eigenvalue weighted by molar-refractivity contribution is -0.190. The van der Waals surface area contributed by atoms with Crippen LogP contribution in [0.5, 0.6) is 5.75 Å². The molecule has 118 valence electrons. The van der Waals surface area contributed by atoms with Gasteiger partial charge in [-0.15, -0.1) is 0 Å². The average molecular weight is 303 g/mol. The number of ether oxygens (including phenoxy) is 3. The van der Waals surface area contributed by atoms with E-state index in [4.69, 9.17) is 18.6 Å². The minimum absolute atomic E-state index is 0.387. The number of rotatable bonds is 3. The van der Waals surface area contributed by atoms with Gasteiger partial charge in [0, 0.05) is 11.8 Å². The van der Waals surface area contributed by atoms with Crippen molar-refractivity contribution in [2.45, 2.75) is 25.2 Å². The molecule has 2 saturated heterocycles. The number of methoxy groups -OCH3 is 1. The third-order valence-electron chi connectivity index (χ3n) is 4.47. The number of nitrogens with zero attached hydrogens (tertiary/aromatic N) is 1. The van der Waals surface area contributed by atoms with Crippen molar-refractivity contribution in [2.24, 2.45) is 0 Å². The molecule has 0 unspecified atom stereocenters. The van der Waals surface area contributed by atoms with Gasteiger partial charge in [-0.3, -0.25) is 4.90 Å². The zero-order valence-corrected chi connectivity index (χ0v) is 12.8. The Morgan fingerprint density at radius 2 is 2.14 bits per heavy atom. The maximum absolute atomic E-state index is 6.00. The van der Waals surface area contributed by atoms with Crippen molar-refractivity contribution in [3.05, 3.63) is 30.0 Å². The molecule has 5 nitrogen and oxygen atoms in total. The molecule has 2 aromatic rings. The zero-order valence-electron chi connectivity index (χ0n) is 12.8. The standard InChI is InChI=1S/C17H21NO4/c1-19-15-5-2-4-13-10-14(22-16(13)15)11-18-7-3-6-17(12-18)20-8-9-21-17/h2,4-5,10H,3,6-9,11-12H2,1H3. The first-order valence-corrected chi connectivity index (χ1v) is 7.84. The fourth-order valence-electron chi connectivity index (χ4n) is 3.49. The maximum atomic E-state index is 6.00. The highest BCUT2D eigenvalue weighted by atomic mass is 16.7. The quantitative estimate of drug-likeness (QED) is 0.872. The van der Waals surface area contributed by atoms with E-state index in [0.717, 1.165) is 55.0 Å². The number of likely N-dealkylation sites (tertiary alicyclic amines) is 1. The van der Waals surface area contributed by atoms with E-state index in [1.54, 1.807) is 7.11 Å². The summed E-state index contributed by atoms with van der Waals surface area (Å²) in [4.78, 5) is 2.35. The van der Waals surface area contributed by atoms with Crippen LogP contribution >= 0.6 is 0 Å². The van der Waals surface area contributed by atoms with Gasteiger partial charge in [0.1, 0.15) is 5.76 Å². The van der Waals surface area contributed by atoms with Gasteiger partial charge in [0.2, 0.25) is 0 Å². The number of fused-ring (bicyclic) bond motifs is 1. The second-order valence-corrected chi connectivity index (χ2v) is 6.01. The molecule has 1 aromatic heterocycles. The number of piperidine rings is 1. The second-order valence-electron chi connectivity index (χ2n) is 6.01. The molecule has 5 heteroatoms. The van der Waals surface area contributed by atoms with Crippen LogP contribution in [0.3, 0.4) is 0 Å². The summed E-state index contributed by atoms with van der Waals surface area (Å²) in [5, 5.41) is 1.08. The highest BCUT2D eigenvalue weighted by Gasteiger charge is 2.40. The molecule has 3 heterocycles. The highest BCUT2D eigenvalue weighted by molar-refractivity contribution is 5.83. The molecule has 2 fully saturated rings. The lowest BCUT2D eigenvalue weighted by Gasteiger charge is -2.38. The monoisotopic (exact) mass is 303 g/mol. The van der Waals surface area contributed by atoms with E-state index in [-0.39, 0.29) is 5.79 Å². The maximum Gasteiger partial charge on any atom is 0.181 e. The van der Waals surface area contributed by atoms with E-state index >= 15 is 0 Å². The van der Waals surface area contributed by atoms with Crippen LogP contribution in [0.4, 0.5) is 0 Å². The van der Waals surface area contributed by atoms with Gasteiger partial charge in [-0.2, -0.15) is 0 Å². The number of furan rings is 1. The van der Waals surface area contributed by atoms with Crippen LogP contribution in [0.2, 0.25) is 0 Å². The van der Waals surface area contributed by atoms with Crippen molar-refractivity contribution in [1.82, 2.24) is 4.90 Å². The molecular weight excluding hydrogens is 282 g/mol. The van der Waals surface area contributed by atoms with Gasteiger partial charge < -0.3 is 18.6 Å². The van der Waals surface area contributed by atoms with Crippen molar-refractivity contribution >= 4 is 11.0 Å². The van der Waals surface area contributed by atoms with Crippen molar-refractivity contribution in [1.29, 1.82) is 0 Å². The average Bonchev–Trinajstić information content (AvgIpc) is 3.13. The predicted molar refractivity (Wildman–Crippen MR) is 81.9 cm³/mol.